The fraction of sp³-hybridized carbons (Fsp3) is 0.188. The number of hydrogen-bond donors (Lipinski definition) is 1. The Labute approximate surface area is 127 Å². The molecular formula is C16H15ClFNO2. The predicted octanol–water partition coefficient (Wildman–Crippen LogP) is 4.19. The average molecular weight is 308 g/mol. The number of carbonyl (C=O) groups excluding carboxylic acids is 1. The van der Waals surface area contributed by atoms with E-state index < -0.39 is 17.8 Å². The van der Waals surface area contributed by atoms with Crippen LogP contribution in [0.3, 0.4) is 0 Å². The van der Waals surface area contributed by atoms with Crippen molar-refractivity contribution in [3.63, 3.8) is 0 Å². The van der Waals surface area contributed by atoms with Crippen molar-refractivity contribution in [3.8, 4) is 5.75 Å². The van der Waals surface area contributed by atoms with Crippen LogP contribution in [0.5, 0.6) is 5.75 Å². The molecule has 0 heterocycles. The molecule has 5 heteroatoms. The maximum absolute atomic E-state index is 13.5. The quantitative estimate of drug-likeness (QED) is 0.919. The number of hydrogen-bond acceptors (Lipinski definition) is 2. The maximum Gasteiger partial charge on any atom is 0.265 e. The van der Waals surface area contributed by atoms with E-state index >= 15 is 0 Å². The number of carbonyl (C=O) groups is 1. The highest BCUT2D eigenvalue weighted by molar-refractivity contribution is 6.31. The number of anilines is 1. The van der Waals surface area contributed by atoms with E-state index in [0.717, 1.165) is 5.56 Å². The molecule has 0 spiro atoms. The number of rotatable bonds is 4. The highest BCUT2D eigenvalue weighted by atomic mass is 35.5. The molecule has 0 aliphatic carbocycles. The topological polar surface area (TPSA) is 38.3 Å². The molecule has 2 aromatic rings. The van der Waals surface area contributed by atoms with Crippen molar-refractivity contribution in [2.45, 2.75) is 20.0 Å². The van der Waals surface area contributed by atoms with Crippen molar-refractivity contribution in [2.75, 3.05) is 5.32 Å². The van der Waals surface area contributed by atoms with Crippen molar-refractivity contribution in [3.05, 3.63) is 58.9 Å². The molecule has 0 aliphatic heterocycles. The molecule has 3 nitrogen and oxygen atoms in total. The van der Waals surface area contributed by atoms with Crippen LogP contribution in [0.15, 0.2) is 42.5 Å². The Hall–Kier alpha value is -2.07. The minimum atomic E-state index is -0.759. The summed E-state index contributed by atoms with van der Waals surface area (Å²) in [6, 6.07) is 11.1. The summed E-state index contributed by atoms with van der Waals surface area (Å²) in [5.41, 5.74) is 0.987. The number of para-hydroxylation sites is 1. The highest BCUT2D eigenvalue weighted by Crippen LogP contribution is 2.22. The first kappa shape index (κ1) is 15.3. The fourth-order valence-corrected chi connectivity index (χ4v) is 1.86. The van der Waals surface area contributed by atoms with Crippen molar-refractivity contribution >= 4 is 23.2 Å². The van der Waals surface area contributed by atoms with Gasteiger partial charge in [0.15, 0.2) is 6.10 Å². The molecule has 21 heavy (non-hydrogen) atoms. The Morgan fingerprint density at radius 3 is 2.67 bits per heavy atom. The monoisotopic (exact) mass is 307 g/mol. The van der Waals surface area contributed by atoms with E-state index in [1.165, 1.54) is 12.1 Å². The Kier molecular flexibility index (Phi) is 4.81. The standard InChI is InChI=1S/C16H15ClFNO2/c1-10-9-12(7-8-13(10)17)21-11(2)16(20)19-15-6-4-3-5-14(15)18/h3-9,11H,1-2H3,(H,19,20)/t11-/m0/s1. The fourth-order valence-electron chi connectivity index (χ4n) is 1.75. The van der Waals surface area contributed by atoms with Crippen LogP contribution in [-0.2, 0) is 4.79 Å². The molecule has 1 N–H and O–H groups in total. The number of halogens is 2. The molecule has 0 aliphatic rings. The molecule has 1 amide bonds. The lowest BCUT2D eigenvalue weighted by Gasteiger charge is -2.15. The summed E-state index contributed by atoms with van der Waals surface area (Å²) in [5, 5.41) is 3.12. The zero-order valence-corrected chi connectivity index (χ0v) is 12.4. The zero-order valence-electron chi connectivity index (χ0n) is 11.7. The van der Waals surface area contributed by atoms with Gasteiger partial charge in [-0.15, -0.1) is 0 Å². The van der Waals surface area contributed by atoms with E-state index in [2.05, 4.69) is 5.32 Å². The molecular weight excluding hydrogens is 293 g/mol. The van der Waals surface area contributed by atoms with E-state index in [4.69, 9.17) is 16.3 Å². The number of amides is 1. The molecule has 1 atom stereocenters. The van der Waals surface area contributed by atoms with Gasteiger partial charge in [0.25, 0.3) is 5.91 Å². The van der Waals surface area contributed by atoms with Crippen LogP contribution in [0.1, 0.15) is 12.5 Å². The van der Waals surface area contributed by atoms with Gasteiger partial charge >= 0.3 is 0 Å². The van der Waals surface area contributed by atoms with Gasteiger partial charge in [0.2, 0.25) is 0 Å². The molecule has 0 unspecified atom stereocenters. The predicted molar refractivity (Wildman–Crippen MR) is 81.3 cm³/mol. The minimum absolute atomic E-state index is 0.130. The third-order valence-electron chi connectivity index (χ3n) is 2.94. The first-order valence-corrected chi connectivity index (χ1v) is 6.83. The molecule has 0 aromatic heterocycles. The van der Waals surface area contributed by atoms with Crippen molar-refractivity contribution in [1.82, 2.24) is 0 Å². The summed E-state index contributed by atoms with van der Waals surface area (Å²) in [5.74, 6) is -0.374. The van der Waals surface area contributed by atoms with Gasteiger partial charge in [-0.2, -0.15) is 0 Å². The van der Waals surface area contributed by atoms with Crippen LogP contribution in [0, 0.1) is 12.7 Å². The van der Waals surface area contributed by atoms with Crippen molar-refractivity contribution < 1.29 is 13.9 Å². The second-order valence-corrected chi connectivity index (χ2v) is 5.05. The molecule has 0 saturated heterocycles. The van der Waals surface area contributed by atoms with Crippen molar-refractivity contribution in [2.24, 2.45) is 0 Å². The summed E-state index contributed by atoms with van der Waals surface area (Å²) < 4.78 is 19.0. The number of benzene rings is 2. The Bertz CT molecular complexity index is 660. The Balaban J connectivity index is 2.02. The first-order chi connectivity index (χ1) is 9.97. The van der Waals surface area contributed by atoms with Crippen LogP contribution in [-0.4, -0.2) is 12.0 Å². The average Bonchev–Trinajstić information content (AvgIpc) is 2.45. The third-order valence-corrected chi connectivity index (χ3v) is 3.37. The lowest BCUT2D eigenvalue weighted by atomic mass is 10.2. The Morgan fingerprint density at radius 2 is 2.00 bits per heavy atom. The summed E-state index contributed by atoms with van der Waals surface area (Å²) in [6.45, 7) is 3.44. The van der Waals surface area contributed by atoms with Crippen LogP contribution in [0.25, 0.3) is 0 Å². The van der Waals surface area contributed by atoms with Gasteiger partial charge in [-0.3, -0.25) is 4.79 Å². The summed E-state index contributed by atoms with van der Waals surface area (Å²) in [4.78, 5) is 12.0. The SMILES string of the molecule is Cc1cc(O[C@@H](C)C(=O)Nc2ccccc2F)ccc1Cl. The second-order valence-electron chi connectivity index (χ2n) is 4.64. The molecule has 0 saturated carbocycles. The lowest BCUT2D eigenvalue weighted by Crippen LogP contribution is -2.30. The van der Waals surface area contributed by atoms with Gasteiger partial charge in [0.05, 0.1) is 5.69 Å². The van der Waals surface area contributed by atoms with E-state index in [0.29, 0.717) is 10.8 Å². The van der Waals surface area contributed by atoms with Crippen LogP contribution < -0.4 is 10.1 Å². The minimum Gasteiger partial charge on any atom is -0.481 e. The number of ether oxygens (including phenoxy) is 1. The molecule has 110 valence electrons. The summed E-state index contributed by atoms with van der Waals surface area (Å²) in [6.07, 6.45) is -0.759. The van der Waals surface area contributed by atoms with E-state index in [9.17, 15) is 9.18 Å². The van der Waals surface area contributed by atoms with Gasteiger partial charge in [-0.05, 0) is 49.7 Å². The van der Waals surface area contributed by atoms with Gasteiger partial charge in [-0.25, -0.2) is 4.39 Å². The lowest BCUT2D eigenvalue weighted by molar-refractivity contribution is -0.122. The molecule has 2 rings (SSSR count). The van der Waals surface area contributed by atoms with Gasteiger partial charge in [0.1, 0.15) is 11.6 Å². The number of aryl methyl sites for hydroxylation is 1. The third kappa shape index (κ3) is 3.95. The van der Waals surface area contributed by atoms with E-state index in [-0.39, 0.29) is 5.69 Å². The molecule has 0 fully saturated rings. The molecule has 0 bridgehead atoms. The maximum atomic E-state index is 13.5. The van der Waals surface area contributed by atoms with Gasteiger partial charge in [0, 0.05) is 5.02 Å². The van der Waals surface area contributed by atoms with E-state index in [1.54, 1.807) is 37.3 Å². The largest absolute Gasteiger partial charge is 0.481 e. The molecule has 2 aromatic carbocycles. The summed E-state index contributed by atoms with van der Waals surface area (Å²) in [7, 11) is 0. The van der Waals surface area contributed by atoms with Crippen molar-refractivity contribution in [1.29, 1.82) is 0 Å². The second kappa shape index (κ2) is 6.59. The summed E-state index contributed by atoms with van der Waals surface area (Å²) >= 11 is 5.93. The van der Waals surface area contributed by atoms with E-state index in [1.807, 2.05) is 6.92 Å². The first-order valence-electron chi connectivity index (χ1n) is 6.45. The van der Waals surface area contributed by atoms with Crippen LogP contribution in [0.4, 0.5) is 10.1 Å². The van der Waals surface area contributed by atoms with Crippen LogP contribution >= 0.6 is 11.6 Å². The zero-order chi connectivity index (χ0) is 15.4. The smallest absolute Gasteiger partial charge is 0.265 e. The van der Waals surface area contributed by atoms with Gasteiger partial charge in [-0.1, -0.05) is 23.7 Å². The molecule has 0 radical (unpaired) electrons. The highest BCUT2D eigenvalue weighted by Gasteiger charge is 2.16. The number of nitrogens with one attached hydrogen (secondary N) is 1. The Morgan fingerprint density at radius 1 is 1.29 bits per heavy atom. The van der Waals surface area contributed by atoms with Gasteiger partial charge < -0.3 is 10.1 Å². The normalized spacial score (nSPS) is 11.8. The van der Waals surface area contributed by atoms with Crippen LogP contribution in [0.2, 0.25) is 5.02 Å².